The molecule has 144 valence electrons. The summed E-state index contributed by atoms with van der Waals surface area (Å²) in [6, 6.07) is 14.0. The Labute approximate surface area is 170 Å². The Kier molecular flexibility index (Phi) is 7.60. The third-order valence-electron chi connectivity index (χ3n) is 4.07. The van der Waals surface area contributed by atoms with Gasteiger partial charge in [-0.05, 0) is 56.6 Å². The summed E-state index contributed by atoms with van der Waals surface area (Å²) in [5.74, 6) is 0.342. The molecule has 0 aliphatic carbocycles. The van der Waals surface area contributed by atoms with E-state index in [2.05, 4.69) is 66.3 Å². The summed E-state index contributed by atoms with van der Waals surface area (Å²) in [5, 5.41) is 3.99. The van der Waals surface area contributed by atoms with Gasteiger partial charge in [0.15, 0.2) is 6.61 Å². The van der Waals surface area contributed by atoms with Crippen molar-refractivity contribution in [2.75, 3.05) is 6.61 Å². The van der Waals surface area contributed by atoms with E-state index in [0.29, 0.717) is 5.75 Å². The molecule has 2 rings (SSSR count). The van der Waals surface area contributed by atoms with Crippen molar-refractivity contribution in [3.63, 3.8) is 0 Å². The van der Waals surface area contributed by atoms with Gasteiger partial charge in [-0.25, -0.2) is 5.43 Å². The molecule has 2 aromatic carbocycles. The maximum absolute atomic E-state index is 11.9. The van der Waals surface area contributed by atoms with Crippen molar-refractivity contribution in [3.05, 3.63) is 63.6 Å². The molecule has 0 spiro atoms. The number of rotatable bonds is 7. The molecule has 0 heterocycles. The number of carbonyl (C=O) groups is 1. The van der Waals surface area contributed by atoms with Gasteiger partial charge in [0, 0.05) is 0 Å². The van der Waals surface area contributed by atoms with Crippen molar-refractivity contribution in [2.24, 2.45) is 5.10 Å². The maximum Gasteiger partial charge on any atom is 0.277 e. The van der Waals surface area contributed by atoms with Gasteiger partial charge in [-0.2, -0.15) is 5.10 Å². The van der Waals surface area contributed by atoms with Gasteiger partial charge >= 0.3 is 0 Å². The van der Waals surface area contributed by atoms with Crippen LogP contribution in [0.1, 0.15) is 50.8 Å². The Balaban J connectivity index is 1.83. The van der Waals surface area contributed by atoms with Crippen LogP contribution in [0.25, 0.3) is 0 Å². The van der Waals surface area contributed by atoms with E-state index in [-0.39, 0.29) is 17.9 Å². The lowest BCUT2D eigenvalue weighted by molar-refractivity contribution is -0.123. The summed E-state index contributed by atoms with van der Waals surface area (Å²) in [6.45, 7) is 8.57. The van der Waals surface area contributed by atoms with Crippen LogP contribution in [-0.2, 0) is 16.6 Å². The van der Waals surface area contributed by atoms with Crippen molar-refractivity contribution in [1.29, 1.82) is 0 Å². The maximum atomic E-state index is 11.9. The number of ether oxygens (including phenoxy) is 1. The second-order valence-corrected chi connectivity index (χ2v) is 8.32. The van der Waals surface area contributed by atoms with Crippen molar-refractivity contribution in [1.82, 2.24) is 5.43 Å². The van der Waals surface area contributed by atoms with Gasteiger partial charge in [0.05, 0.1) is 10.7 Å². The molecule has 1 amide bonds. The Morgan fingerprint density at radius 3 is 2.48 bits per heavy atom. The molecular weight excluding hydrogens is 404 g/mol. The fraction of sp³-hybridized carbons (Fsp3) is 0.364. The van der Waals surface area contributed by atoms with Gasteiger partial charge in [0.2, 0.25) is 0 Å². The Bertz CT molecular complexity index is 793. The molecule has 0 saturated heterocycles. The first-order valence-electron chi connectivity index (χ1n) is 9.13. The van der Waals surface area contributed by atoms with Crippen molar-refractivity contribution in [3.8, 4) is 5.75 Å². The normalized spacial score (nSPS) is 11.6. The third-order valence-corrected chi connectivity index (χ3v) is 4.69. The van der Waals surface area contributed by atoms with E-state index in [1.165, 1.54) is 11.1 Å². The predicted octanol–water partition coefficient (Wildman–Crippen LogP) is 5.23. The molecule has 0 radical (unpaired) electrons. The van der Waals surface area contributed by atoms with Gasteiger partial charge in [-0.1, -0.05) is 64.4 Å². The molecule has 27 heavy (non-hydrogen) atoms. The third kappa shape index (κ3) is 6.83. The number of hydrogen-bond acceptors (Lipinski definition) is 3. The number of amides is 1. The molecule has 1 N–H and O–H groups in total. The molecule has 2 aromatic rings. The standard InChI is InChI=1S/C22H27BrN2O2/c1-5-6-16-9-12-20(19(23)13-16)27-15-21(26)25-24-14-17-7-10-18(11-8-17)22(2,3)4/h7-14H,5-6,15H2,1-4H3,(H,25,26)/b24-14+. The van der Waals surface area contributed by atoms with Crippen LogP contribution < -0.4 is 10.2 Å². The summed E-state index contributed by atoms with van der Waals surface area (Å²) in [4.78, 5) is 11.9. The van der Waals surface area contributed by atoms with Crippen LogP contribution in [0.15, 0.2) is 52.0 Å². The minimum atomic E-state index is -0.304. The van der Waals surface area contributed by atoms with Crippen LogP contribution in [0.2, 0.25) is 0 Å². The summed E-state index contributed by atoms with van der Waals surface area (Å²) in [7, 11) is 0. The van der Waals surface area contributed by atoms with Crippen molar-refractivity contribution < 1.29 is 9.53 Å². The fourth-order valence-corrected chi connectivity index (χ4v) is 3.07. The highest BCUT2D eigenvalue weighted by molar-refractivity contribution is 9.10. The van der Waals surface area contributed by atoms with E-state index in [1.807, 2.05) is 30.3 Å². The average Bonchev–Trinajstić information content (AvgIpc) is 2.61. The van der Waals surface area contributed by atoms with E-state index < -0.39 is 0 Å². The predicted molar refractivity (Wildman–Crippen MR) is 115 cm³/mol. The Morgan fingerprint density at radius 1 is 1.19 bits per heavy atom. The first-order valence-corrected chi connectivity index (χ1v) is 9.92. The first-order chi connectivity index (χ1) is 12.8. The van der Waals surface area contributed by atoms with E-state index in [0.717, 1.165) is 22.9 Å². The zero-order valence-corrected chi connectivity index (χ0v) is 18.0. The van der Waals surface area contributed by atoms with E-state index in [4.69, 9.17) is 4.74 Å². The monoisotopic (exact) mass is 430 g/mol. The molecule has 0 saturated carbocycles. The van der Waals surface area contributed by atoms with E-state index in [9.17, 15) is 4.79 Å². The second kappa shape index (κ2) is 9.70. The highest BCUT2D eigenvalue weighted by Gasteiger charge is 2.12. The smallest absolute Gasteiger partial charge is 0.277 e. The molecule has 4 nitrogen and oxygen atoms in total. The number of hydrazone groups is 1. The van der Waals surface area contributed by atoms with Crippen LogP contribution in [0.5, 0.6) is 5.75 Å². The van der Waals surface area contributed by atoms with Gasteiger partial charge in [-0.15, -0.1) is 0 Å². The number of aryl methyl sites for hydroxylation is 1. The number of nitrogens with one attached hydrogen (secondary N) is 1. The Hall–Kier alpha value is -2.14. The summed E-state index contributed by atoms with van der Waals surface area (Å²) in [6.07, 6.45) is 3.73. The molecular formula is C22H27BrN2O2. The van der Waals surface area contributed by atoms with Crippen LogP contribution in [0.3, 0.4) is 0 Å². The van der Waals surface area contributed by atoms with Gasteiger partial charge in [-0.3, -0.25) is 4.79 Å². The zero-order chi connectivity index (χ0) is 19.9. The van der Waals surface area contributed by atoms with E-state index >= 15 is 0 Å². The second-order valence-electron chi connectivity index (χ2n) is 7.47. The Morgan fingerprint density at radius 2 is 1.89 bits per heavy atom. The van der Waals surface area contributed by atoms with Crippen LogP contribution in [-0.4, -0.2) is 18.7 Å². The van der Waals surface area contributed by atoms with Crippen LogP contribution in [0, 0.1) is 0 Å². The summed E-state index contributed by atoms with van der Waals surface area (Å²) in [5.41, 5.74) is 6.03. The average molecular weight is 431 g/mol. The van der Waals surface area contributed by atoms with Crippen LogP contribution in [0.4, 0.5) is 0 Å². The van der Waals surface area contributed by atoms with Gasteiger partial charge in [0.1, 0.15) is 5.75 Å². The number of carbonyl (C=O) groups excluding carboxylic acids is 1. The molecule has 0 bridgehead atoms. The molecule has 0 aromatic heterocycles. The van der Waals surface area contributed by atoms with Gasteiger partial charge in [0.25, 0.3) is 5.91 Å². The quantitative estimate of drug-likeness (QED) is 0.482. The highest BCUT2D eigenvalue weighted by atomic mass is 79.9. The van der Waals surface area contributed by atoms with Crippen molar-refractivity contribution in [2.45, 2.75) is 46.0 Å². The van der Waals surface area contributed by atoms with Crippen molar-refractivity contribution >= 4 is 28.1 Å². The minimum Gasteiger partial charge on any atom is -0.483 e. The molecule has 0 aliphatic rings. The van der Waals surface area contributed by atoms with Crippen LogP contribution >= 0.6 is 15.9 Å². The number of hydrogen-bond donors (Lipinski definition) is 1. The van der Waals surface area contributed by atoms with E-state index in [1.54, 1.807) is 6.21 Å². The minimum absolute atomic E-state index is 0.0912. The van der Waals surface area contributed by atoms with Gasteiger partial charge < -0.3 is 4.74 Å². The topological polar surface area (TPSA) is 50.7 Å². The molecule has 0 fully saturated rings. The molecule has 5 heteroatoms. The summed E-state index contributed by atoms with van der Waals surface area (Å²) < 4.78 is 6.41. The first kappa shape index (κ1) is 21.2. The lowest BCUT2D eigenvalue weighted by atomic mass is 9.87. The highest BCUT2D eigenvalue weighted by Crippen LogP contribution is 2.26. The lowest BCUT2D eigenvalue weighted by Gasteiger charge is -2.18. The fourth-order valence-electron chi connectivity index (χ4n) is 2.53. The molecule has 0 aliphatic heterocycles. The largest absolute Gasteiger partial charge is 0.483 e. The number of nitrogens with zero attached hydrogens (tertiary/aromatic N) is 1. The summed E-state index contributed by atoms with van der Waals surface area (Å²) >= 11 is 3.48. The zero-order valence-electron chi connectivity index (χ0n) is 16.4. The molecule has 0 unspecified atom stereocenters. The number of halogens is 1. The number of benzene rings is 2. The molecule has 0 atom stereocenters. The lowest BCUT2D eigenvalue weighted by Crippen LogP contribution is -2.24. The SMILES string of the molecule is CCCc1ccc(OCC(=O)N/N=C/c2ccc(C(C)(C)C)cc2)c(Br)c1.